The van der Waals surface area contributed by atoms with Gasteiger partial charge < -0.3 is 9.47 Å². The fourth-order valence-electron chi connectivity index (χ4n) is 1.24. The smallest absolute Gasteiger partial charge is 0.267 e. The Morgan fingerprint density at radius 3 is 2.67 bits per heavy atom. The summed E-state index contributed by atoms with van der Waals surface area (Å²) < 4.78 is 36.9. The zero-order chi connectivity index (χ0) is 10.9. The Kier molecular flexibility index (Phi) is 2.54. The summed E-state index contributed by atoms with van der Waals surface area (Å²) in [6, 6.07) is 7.00. The van der Waals surface area contributed by atoms with Crippen molar-refractivity contribution in [2.45, 2.75) is 6.29 Å². The van der Waals surface area contributed by atoms with Crippen molar-refractivity contribution in [3.8, 4) is 11.5 Å². The van der Waals surface area contributed by atoms with Gasteiger partial charge in [-0.15, -0.1) is 0 Å². The molecule has 1 aromatic carbocycles. The third-order valence-corrected chi connectivity index (χ3v) is 2.33. The second kappa shape index (κ2) is 3.71. The van der Waals surface area contributed by atoms with E-state index in [0.717, 1.165) is 6.26 Å². The molecule has 5 nitrogen and oxygen atoms in total. The number of fused-ring (bicyclic) bond motifs is 1. The van der Waals surface area contributed by atoms with E-state index in [4.69, 9.17) is 9.47 Å². The van der Waals surface area contributed by atoms with Gasteiger partial charge in [0.2, 0.25) is 0 Å². The summed E-state index contributed by atoms with van der Waals surface area (Å²) in [4.78, 5) is 0. The Bertz CT molecular complexity index is 453. The average Bonchev–Trinajstić information content (AvgIpc) is 2.15. The molecule has 0 saturated carbocycles. The molecule has 0 bridgehead atoms. The van der Waals surface area contributed by atoms with Crippen LogP contribution in [0.4, 0.5) is 0 Å². The number of rotatable bonds is 2. The number of hydrogen-bond donors (Lipinski definition) is 0. The van der Waals surface area contributed by atoms with Crippen LogP contribution >= 0.6 is 0 Å². The molecule has 1 atom stereocenters. The van der Waals surface area contributed by atoms with Gasteiger partial charge in [-0.05, 0) is 12.1 Å². The molecule has 2 rings (SSSR count). The molecule has 15 heavy (non-hydrogen) atoms. The second-order valence-electron chi connectivity index (χ2n) is 3.11. The van der Waals surface area contributed by atoms with Crippen LogP contribution in [-0.2, 0) is 14.3 Å². The van der Waals surface area contributed by atoms with Crippen molar-refractivity contribution < 1.29 is 22.1 Å². The number of benzene rings is 1. The lowest BCUT2D eigenvalue weighted by Crippen LogP contribution is -2.33. The molecule has 0 aromatic heterocycles. The molecule has 0 N–H and O–H groups in total. The maximum atomic E-state index is 10.9. The van der Waals surface area contributed by atoms with Crippen LogP contribution in [0.15, 0.2) is 24.3 Å². The SMILES string of the molecule is CS(=O)(=O)OC1COc2ccccc2O1. The van der Waals surface area contributed by atoms with Crippen molar-refractivity contribution in [2.24, 2.45) is 0 Å². The van der Waals surface area contributed by atoms with E-state index >= 15 is 0 Å². The number of hydrogen-bond acceptors (Lipinski definition) is 5. The second-order valence-corrected chi connectivity index (χ2v) is 4.71. The number of ether oxygens (including phenoxy) is 2. The molecule has 0 radical (unpaired) electrons. The fourth-order valence-corrected chi connectivity index (χ4v) is 1.73. The third-order valence-electron chi connectivity index (χ3n) is 1.76. The molecule has 0 saturated heterocycles. The van der Waals surface area contributed by atoms with Crippen LogP contribution < -0.4 is 9.47 Å². The van der Waals surface area contributed by atoms with Crippen LogP contribution in [-0.4, -0.2) is 27.6 Å². The highest BCUT2D eigenvalue weighted by Crippen LogP contribution is 2.31. The minimum Gasteiger partial charge on any atom is -0.483 e. The summed E-state index contributed by atoms with van der Waals surface area (Å²) in [5.74, 6) is 1.07. The monoisotopic (exact) mass is 230 g/mol. The van der Waals surface area contributed by atoms with Crippen LogP contribution in [0.5, 0.6) is 11.5 Å². The number of para-hydroxylation sites is 2. The maximum absolute atomic E-state index is 10.9. The fraction of sp³-hybridized carbons (Fsp3) is 0.333. The van der Waals surface area contributed by atoms with Gasteiger partial charge in [0.1, 0.15) is 0 Å². The van der Waals surface area contributed by atoms with Crippen molar-refractivity contribution in [3.05, 3.63) is 24.3 Å². The Morgan fingerprint density at radius 1 is 1.33 bits per heavy atom. The molecule has 1 aromatic rings. The highest BCUT2D eigenvalue weighted by Gasteiger charge is 2.24. The molecule has 1 unspecified atom stereocenters. The molecule has 0 aliphatic carbocycles. The zero-order valence-corrected chi connectivity index (χ0v) is 8.86. The standard InChI is InChI=1S/C9H10O5S/c1-15(10,11)14-9-6-12-7-4-2-3-5-8(7)13-9/h2-5,9H,6H2,1H3. The van der Waals surface area contributed by atoms with Crippen LogP contribution in [0.1, 0.15) is 0 Å². The van der Waals surface area contributed by atoms with Gasteiger partial charge in [-0.25, -0.2) is 4.18 Å². The third kappa shape index (κ3) is 2.60. The van der Waals surface area contributed by atoms with Gasteiger partial charge in [0, 0.05) is 0 Å². The molecule has 82 valence electrons. The predicted octanol–water partition coefficient (Wildman–Crippen LogP) is 0.760. The lowest BCUT2D eigenvalue weighted by atomic mass is 10.3. The van der Waals surface area contributed by atoms with Gasteiger partial charge in [0.15, 0.2) is 18.1 Å². The average molecular weight is 230 g/mol. The lowest BCUT2D eigenvalue weighted by Gasteiger charge is -2.25. The van der Waals surface area contributed by atoms with Crippen molar-refractivity contribution in [1.29, 1.82) is 0 Å². The largest absolute Gasteiger partial charge is 0.483 e. The molecule has 6 heteroatoms. The van der Waals surface area contributed by atoms with Crippen molar-refractivity contribution >= 4 is 10.1 Å². The summed E-state index contributed by atoms with van der Waals surface area (Å²) in [6.07, 6.45) is 0.0616. The van der Waals surface area contributed by atoms with Crippen molar-refractivity contribution in [1.82, 2.24) is 0 Å². The molecule has 0 spiro atoms. The quantitative estimate of drug-likeness (QED) is 0.702. The first kappa shape index (κ1) is 10.3. The molecule has 1 aliphatic heterocycles. The highest BCUT2D eigenvalue weighted by molar-refractivity contribution is 7.86. The Morgan fingerprint density at radius 2 is 2.00 bits per heavy atom. The summed E-state index contributed by atoms with van der Waals surface area (Å²) in [6.45, 7) is 0.0596. The van der Waals surface area contributed by atoms with Gasteiger partial charge in [-0.3, -0.25) is 0 Å². The van der Waals surface area contributed by atoms with Gasteiger partial charge in [0.25, 0.3) is 16.4 Å². The van der Waals surface area contributed by atoms with Crippen LogP contribution in [0, 0.1) is 0 Å². The van der Waals surface area contributed by atoms with Crippen LogP contribution in [0.3, 0.4) is 0 Å². The molecule has 0 fully saturated rings. The van der Waals surface area contributed by atoms with Gasteiger partial charge in [-0.1, -0.05) is 12.1 Å². The Hall–Kier alpha value is -1.27. The van der Waals surface area contributed by atoms with Crippen molar-refractivity contribution in [2.75, 3.05) is 12.9 Å². The summed E-state index contributed by atoms with van der Waals surface area (Å²) >= 11 is 0. The van der Waals surface area contributed by atoms with E-state index in [1.165, 1.54) is 0 Å². The maximum Gasteiger partial charge on any atom is 0.267 e. The molecule has 1 aliphatic rings. The summed E-state index contributed by atoms with van der Waals surface area (Å²) in [5, 5.41) is 0. The normalized spacial score (nSPS) is 19.9. The Labute approximate surface area is 87.7 Å². The van der Waals surface area contributed by atoms with E-state index < -0.39 is 16.4 Å². The van der Waals surface area contributed by atoms with E-state index in [1.54, 1.807) is 24.3 Å². The van der Waals surface area contributed by atoms with E-state index in [1.807, 2.05) is 0 Å². The predicted molar refractivity (Wildman–Crippen MR) is 52.3 cm³/mol. The molecule has 0 amide bonds. The summed E-state index contributed by atoms with van der Waals surface area (Å²) in [7, 11) is -3.53. The van der Waals surface area contributed by atoms with E-state index in [9.17, 15) is 8.42 Å². The first-order valence-corrected chi connectivity index (χ1v) is 6.13. The molecular formula is C9H10O5S. The summed E-state index contributed by atoms with van der Waals surface area (Å²) in [5.41, 5.74) is 0. The topological polar surface area (TPSA) is 61.8 Å². The van der Waals surface area contributed by atoms with E-state index in [2.05, 4.69) is 4.18 Å². The first-order valence-electron chi connectivity index (χ1n) is 4.31. The van der Waals surface area contributed by atoms with E-state index in [-0.39, 0.29) is 6.61 Å². The minimum atomic E-state index is -3.53. The molecular weight excluding hydrogens is 220 g/mol. The zero-order valence-electron chi connectivity index (χ0n) is 8.04. The Balaban J connectivity index is 2.12. The van der Waals surface area contributed by atoms with Crippen molar-refractivity contribution in [3.63, 3.8) is 0 Å². The van der Waals surface area contributed by atoms with Crippen LogP contribution in [0.2, 0.25) is 0 Å². The van der Waals surface area contributed by atoms with Gasteiger partial charge in [-0.2, -0.15) is 8.42 Å². The van der Waals surface area contributed by atoms with Gasteiger partial charge >= 0.3 is 0 Å². The van der Waals surface area contributed by atoms with E-state index in [0.29, 0.717) is 11.5 Å². The minimum absolute atomic E-state index is 0.0596. The highest BCUT2D eigenvalue weighted by atomic mass is 32.2. The van der Waals surface area contributed by atoms with Gasteiger partial charge in [0.05, 0.1) is 6.26 Å². The lowest BCUT2D eigenvalue weighted by molar-refractivity contribution is -0.0432. The van der Waals surface area contributed by atoms with Crippen LogP contribution in [0.25, 0.3) is 0 Å². The first-order chi connectivity index (χ1) is 7.04. The molecule has 1 heterocycles.